The zero-order valence-corrected chi connectivity index (χ0v) is 11.6. The molecular weight excluding hydrogens is 198 g/mol. The van der Waals surface area contributed by atoms with Crippen LogP contribution in [-0.2, 0) is 4.74 Å². The van der Waals surface area contributed by atoms with Crippen molar-refractivity contribution >= 4 is 0 Å². The summed E-state index contributed by atoms with van der Waals surface area (Å²) in [6, 6.07) is 0. The molecule has 16 heavy (non-hydrogen) atoms. The van der Waals surface area contributed by atoms with Crippen molar-refractivity contribution in [1.82, 2.24) is 4.90 Å². The van der Waals surface area contributed by atoms with Crippen molar-refractivity contribution in [1.29, 1.82) is 0 Å². The molecule has 0 aliphatic carbocycles. The zero-order valence-electron chi connectivity index (χ0n) is 11.6. The van der Waals surface area contributed by atoms with Gasteiger partial charge in [0.2, 0.25) is 0 Å². The molecule has 0 aromatic carbocycles. The van der Waals surface area contributed by atoms with Gasteiger partial charge in [-0.2, -0.15) is 0 Å². The van der Waals surface area contributed by atoms with E-state index < -0.39 is 0 Å². The third-order valence-corrected chi connectivity index (χ3v) is 2.79. The molecule has 98 valence electrons. The average Bonchev–Trinajstić information content (AvgIpc) is 2.25. The minimum atomic E-state index is 0.925. The van der Waals surface area contributed by atoms with E-state index in [1.165, 1.54) is 44.9 Å². The molecule has 0 aliphatic heterocycles. The molecule has 0 fully saturated rings. The van der Waals surface area contributed by atoms with E-state index in [-0.39, 0.29) is 0 Å². The number of rotatable bonds is 12. The van der Waals surface area contributed by atoms with E-state index in [2.05, 4.69) is 25.9 Å². The van der Waals surface area contributed by atoms with E-state index in [1.54, 1.807) is 0 Å². The largest absolute Gasteiger partial charge is 0.381 e. The lowest BCUT2D eigenvalue weighted by Gasteiger charge is -2.09. The topological polar surface area (TPSA) is 12.5 Å². The Morgan fingerprint density at radius 2 is 1.31 bits per heavy atom. The molecule has 0 bridgehead atoms. The van der Waals surface area contributed by atoms with Crippen LogP contribution in [0.2, 0.25) is 0 Å². The average molecular weight is 229 g/mol. The Morgan fingerprint density at radius 1 is 0.750 bits per heavy atom. The molecule has 0 atom stereocenters. The van der Waals surface area contributed by atoms with Crippen molar-refractivity contribution in [2.45, 2.75) is 58.3 Å². The molecule has 0 radical (unpaired) electrons. The minimum Gasteiger partial charge on any atom is -0.381 e. The third kappa shape index (κ3) is 13.9. The van der Waals surface area contributed by atoms with Gasteiger partial charge in [-0.25, -0.2) is 0 Å². The minimum absolute atomic E-state index is 0.925. The van der Waals surface area contributed by atoms with Crippen molar-refractivity contribution in [3.05, 3.63) is 0 Å². The van der Waals surface area contributed by atoms with E-state index in [4.69, 9.17) is 4.74 Å². The summed E-state index contributed by atoms with van der Waals surface area (Å²) >= 11 is 0. The molecule has 0 unspecified atom stereocenters. The van der Waals surface area contributed by atoms with Crippen LogP contribution < -0.4 is 0 Å². The van der Waals surface area contributed by atoms with Gasteiger partial charge >= 0.3 is 0 Å². The fraction of sp³-hybridized carbons (Fsp3) is 1.00. The van der Waals surface area contributed by atoms with Gasteiger partial charge < -0.3 is 9.64 Å². The summed E-state index contributed by atoms with van der Waals surface area (Å²) in [7, 11) is 4.21. The molecule has 0 rings (SSSR count). The summed E-state index contributed by atoms with van der Waals surface area (Å²) in [5, 5.41) is 0. The van der Waals surface area contributed by atoms with Gasteiger partial charge in [-0.3, -0.25) is 0 Å². The highest BCUT2D eigenvalue weighted by Crippen LogP contribution is 2.06. The lowest BCUT2D eigenvalue weighted by Crippen LogP contribution is -2.14. The summed E-state index contributed by atoms with van der Waals surface area (Å²) in [6.45, 7) is 5.29. The number of unbranched alkanes of at least 4 members (excludes halogenated alkanes) is 6. The summed E-state index contributed by atoms with van der Waals surface area (Å²) in [4.78, 5) is 2.21. The molecule has 2 nitrogen and oxygen atoms in total. The molecule has 0 aromatic heterocycles. The summed E-state index contributed by atoms with van der Waals surface area (Å²) < 4.78 is 5.59. The van der Waals surface area contributed by atoms with Crippen LogP contribution in [0.25, 0.3) is 0 Å². The van der Waals surface area contributed by atoms with Crippen molar-refractivity contribution in [2.24, 2.45) is 0 Å². The highest BCUT2D eigenvalue weighted by molar-refractivity contribution is 4.46. The first-order valence-electron chi connectivity index (χ1n) is 7.00. The molecule has 0 saturated heterocycles. The van der Waals surface area contributed by atoms with E-state index >= 15 is 0 Å². The fourth-order valence-corrected chi connectivity index (χ4v) is 1.75. The lowest BCUT2D eigenvalue weighted by molar-refractivity contribution is 0.122. The van der Waals surface area contributed by atoms with Gasteiger partial charge in [-0.1, -0.05) is 45.4 Å². The molecule has 0 aliphatic rings. The SMILES string of the molecule is CCCCCCCCCOCCCN(C)C. The van der Waals surface area contributed by atoms with Gasteiger partial charge in [0.05, 0.1) is 0 Å². The van der Waals surface area contributed by atoms with Crippen LogP contribution >= 0.6 is 0 Å². The van der Waals surface area contributed by atoms with E-state index in [0.29, 0.717) is 0 Å². The summed E-state index contributed by atoms with van der Waals surface area (Å²) in [5.74, 6) is 0. The van der Waals surface area contributed by atoms with Crippen LogP contribution in [0.3, 0.4) is 0 Å². The molecule has 0 saturated carbocycles. The van der Waals surface area contributed by atoms with Gasteiger partial charge in [-0.15, -0.1) is 0 Å². The lowest BCUT2D eigenvalue weighted by atomic mass is 10.1. The Balaban J connectivity index is 2.88. The Kier molecular flexibility index (Phi) is 12.9. The molecular formula is C14H31NO. The van der Waals surface area contributed by atoms with E-state index in [1.807, 2.05) is 0 Å². The highest BCUT2D eigenvalue weighted by atomic mass is 16.5. The van der Waals surface area contributed by atoms with Gasteiger partial charge in [-0.05, 0) is 33.5 Å². The monoisotopic (exact) mass is 229 g/mol. The third-order valence-electron chi connectivity index (χ3n) is 2.79. The Bertz CT molecular complexity index is 126. The van der Waals surface area contributed by atoms with Gasteiger partial charge in [0, 0.05) is 13.2 Å². The van der Waals surface area contributed by atoms with Crippen LogP contribution in [0.5, 0.6) is 0 Å². The maximum absolute atomic E-state index is 5.59. The quantitative estimate of drug-likeness (QED) is 0.473. The van der Waals surface area contributed by atoms with Gasteiger partial charge in [0.15, 0.2) is 0 Å². The molecule has 0 N–H and O–H groups in total. The molecule has 0 spiro atoms. The van der Waals surface area contributed by atoms with Gasteiger partial charge in [0.25, 0.3) is 0 Å². The highest BCUT2D eigenvalue weighted by Gasteiger charge is 1.93. The number of nitrogens with zero attached hydrogens (tertiary/aromatic N) is 1. The Morgan fingerprint density at radius 3 is 1.94 bits per heavy atom. The number of ether oxygens (including phenoxy) is 1. The summed E-state index contributed by atoms with van der Waals surface area (Å²) in [6.07, 6.45) is 10.7. The van der Waals surface area contributed by atoms with Crippen LogP contribution in [0.15, 0.2) is 0 Å². The molecule has 2 heteroatoms. The smallest absolute Gasteiger partial charge is 0.0478 e. The van der Waals surface area contributed by atoms with Crippen molar-refractivity contribution in [2.75, 3.05) is 33.9 Å². The standard InChI is InChI=1S/C14H31NO/c1-4-5-6-7-8-9-10-13-16-14-11-12-15(2)3/h4-14H2,1-3H3. The predicted molar refractivity (Wildman–Crippen MR) is 72.0 cm³/mol. The van der Waals surface area contributed by atoms with E-state index in [0.717, 1.165) is 26.2 Å². The molecule has 0 aromatic rings. The molecule has 0 heterocycles. The first-order chi connectivity index (χ1) is 7.77. The first-order valence-corrected chi connectivity index (χ1v) is 7.00. The van der Waals surface area contributed by atoms with Crippen LogP contribution in [-0.4, -0.2) is 38.8 Å². The number of hydrogen-bond donors (Lipinski definition) is 0. The molecule has 0 amide bonds. The van der Waals surface area contributed by atoms with Crippen LogP contribution in [0.4, 0.5) is 0 Å². The van der Waals surface area contributed by atoms with Crippen molar-refractivity contribution in [3.8, 4) is 0 Å². The summed E-state index contributed by atoms with van der Waals surface area (Å²) in [5.41, 5.74) is 0. The van der Waals surface area contributed by atoms with Crippen LogP contribution in [0, 0.1) is 0 Å². The maximum atomic E-state index is 5.59. The first kappa shape index (κ1) is 15.9. The van der Waals surface area contributed by atoms with Crippen molar-refractivity contribution < 1.29 is 4.74 Å². The van der Waals surface area contributed by atoms with Gasteiger partial charge in [0.1, 0.15) is 0 Å². The normalized spacial score (nSPS) is 11.2. The van der Waals surface area contributed by atoms with Crippen LogP contribution in [0.1, 0.15) is 58.3 Å². The maximum Gasteiger partial charge on any atom is 0.0478 e. The second-order valence-electron chi connectivity index (χ2n) is 4.89. The Labute approximate surface area is 102 Å². The fourth-order valence-electron chi connectivity index (χ4n) is 1.75. The second-order valence-corrected chi connectivity index (χ2v) is 4.89. The van der Waals surface area contributed by atoms with E-state index in [9.17, 15) is 0 Å². The predicted octanol–water partition coefficient (Wildman–Crippen LogP) is 3.71. The zero-order chi connectivity index (χ0) is 12.1. The number of hydrogen-bond acceptors (Lipinski definition) is 2. The van der Waals surface area contributed by atoms with Crippen molar-refractivity contribution in [3.63, 3.8) is 0 Å². The second kappa shape index (κ2) is 13.0. The Hall–Kier alpha value is -0.0800.